The molecular weight excluding hydrogens is 351 g/mol. The number of rotatable bonds is 3. The Bertz CT molecular complexity index is 647. The molecule has 2 amide bonds. The molecule has 2 heterocycles. The molecule has 2 atom stereocenters. The van der Waals surface area contributed by atoms with Crippen LogP contribution >= 0.6 is 34.8 Å². The number of hydrogen-bond acceptors (Lipinski definition) is 3. The van der Waals surface area contributed by atoms with Gasteiger partial charge in [0.15, 0.2) is 10.7 Å². The van der Waals surface area contributed by atoms with Crippen LogP contribution in [0.3, 0.4) is 0 Å². The van der Waals surface area contributed by atoms with E-state index in [0.717, 1.165) is 0 Å². The zero-order chi connectivity index (χ0) is 16.3. The topological polar surface area (TPSA) is 58.4 Å². The van der Waals surface area contributed by atoms with Crippen molar-refractivity contribution in [1.82, 2.24) is 14.7 Å². The minimum absolute atomic E-state index is 0.176. The molecule has 1 aliphatic carbocycles. The van der Waals surface area contributed by atoms with Crippen molar-refractivity contribution >= 4 is 52.4 Å². The van der Waals surface area contributed by atoms with Crippen LogP contribution in [-0.4, -0.2) is 55.3 Å². The molecule has 0 N–H and O–H groups in total. The Morgan fingerprint density at radius 2 is 2.09 bits per heavy atom. The number of hydrogen-bond donors (Lipinski definition) is 0. The van der Waals surface area contributed by atoms with Gasteiger partial charge in [-0.05, 0) is 6.42 Å². The fraction of sp³-hybridized carbons (Fsp3) is 0.615. The summed E-state index contributed by atoms with van der Waals surface area (Å²) >= 11 is 18.0. The molecule has 22 heavy (non-hydrogen) atoms. The highest BCUT2D eigenvalue weighted by Gasteiger charge is 2.72. The molecule has 0 bridgehead atoms. The molecule has 2 aliphatic rings. The van der Waals surface area contributed by atoms with E-state index in [9.17, 15) is 9.59 Å². The summed E-state index contributed by atoms with van der Waals surface area (Å²) in [6.45, 7) is 0.500. The number of nitrogens with zero attached hydrogens (tertiary/aromatic N) is 4. The number of aromatic nitrogens is 2. The third kappa shape index (κ3) is 2.28. The van der Waals surface area contributed by atoms with Gasteiger partial charge in [-0.15, -0.1) is 11.6 Å². The highest BCUT2D eigenvalue weighted by Crippen LogP contribution is 2.62. The number of alkyl halides is 3. The second-order valence-electron chi connectivity index (χ2n) is 5.74. The van der Waals surface area contributed by atoms with Crippen LogP contribution in [0, 0.1) is 0 Å². The number of carbonyl (C=O) groups is 2. The van der Waals surface area contributed by atoms with Crippen LogP contribution in [0.15, 0.2) is 12.3 Å². The van der Waals surface area contributed by atoms with Crippen LogP contribution in [0.1, 0.15) is 12.8 Å². The van der Waals surface area contributed by atoms with Crippen LogP contribution < -0.4 is 4.90 Å². The maximum atomic E-state index is 12.5. The van der Waals surface area contributed by atoms with E-state index < -0.39 is 21.2 Å². The number of likely N-dealkylation sites (N-methyl/N-ethyl adjacent to an activating group) is 1. The van der Waals surface area contributed by atoms with Gasteiger partial charge in [-0.1, -0.05) is 23.2 Å². The lowest BCUT2D eigenvalue weighted by atomic mass is 10.2. The minimum atomic E-state index is -1.33. The summed E-state index contributed by atoms with van der Waals surface area (Å²) < 4.78 is 0.361. The Balaban J connectivity index is 1.74. The van der Waals surface area contributed by atoms with Gasteiger partial charge in [0.05, 0.1) is 0 Å². The predicted molar refractivity (Wildman–Crippen MR) is 84.4 cm³/mol. The number of anilines is 1. The van der Waals surface area contributed by atoms with Crippen LogP contribution in [0.25, 0.3) is 0 Å². The predicted octanol–water partition coefficient (Wildman–Crippen LogP) is 1.54. The van der Waals surface area contributed by atoms with E-state index in [0.29, 0.717) is 18.8 Å². The summed E-state index contributed by atoms with van der Waals surface area (Å²) in [5, 5.41) is 4.22. The van der Waals surface area contributed by atoms with E-state index in [1.165, 1.54) is 4.90 Å². The Kier molecular flexibility index (Phi) is 3.62. The van der Waals surface area contributed by atoms with E-state index in [4.69, 9.17) is 34.8 Å². The standard InChI is InChI=1S/C13H15Cl3N4O2/c1-18-5-4-9(17-18)20-6-3-8(10(20)21)19(2)11(22)12(14)7-13(12,15)16/h4-5,8H,3,6-7H2,1-2H3. The monoisotopic (exact) mass is 364 g/mol. The van der Waals surface area contributed by atoms with Gasteiger partial charge in [0, 0.05) is 39.3 Å². The second-order valence-corrected chi connectivity index (χ2v) is 7.87. The van der Waals surface area contributed by atoms with Crippen molar-refractivity contribution in [3.63, 3.8) is 0 Å². The first kappa shape index (κ1) is 15.9. The van der Waals surface area contributed by atoms with Crippen molar-refractivity contribution in [1.29, 1.82) is 0 Å². The molecular formula is C13H15Cl3N4O2. The zero-order valence-corrected chi connectivity index (χ0v) is 14.4. The quantitative estimate of drug-likeness (QED) is 0.764. The van der Waals surface area contributed by atoms with Crippen molar-refractivity contribution in [3.05, 3.63) is 12.3 Å². The molecule has 6 nitrogen and oxygen atoms in total. The van der Waals surface area contributed by atoms with Crippen molar-refractivity contribution in [2.75, 3.05) is 18.5 Å². The lowest BCUT2D eigenvalue weighted by Crippen LogP contribution is -2.47. The fourth-order valence-electron chi connectivity index (χ4n) is 2.71. The lowest BCUT2D eigenvalue weighted by molar-refractivity contribution is -0.137. The van der Waals surface area contributed by atoms with Crippen LogP contribution in [0.2, 0.25) is 0 Å². The summed E-state index contributed by atoms with van der Waals surface area (Å²) in [4.78, 5) is 26.6. The van der Waals surface area contributed by atoms with E-state index in [2.05, 4.69) is 5.10 Å². The van der Waals surface area contributed by atoms with Gasteiger partial charge in [0.25, 0.3) is 5.91 Å². The SMILES string of the molecule is CN(C(=O)C1(Cl)CC1(Cl)Cl)C1CCN(c2ccn(C)n2)C1=O. The van der Waals surface area contributed by atoms with E-state index in [1.54, 1.807) is 35.9 Å². The van der Waals surface area contributed by atoms with Gasteiger partial charge in [0.2, 0.25) is 5.91 Å². The average Bonchev–Trinajstić information content (AvgIpc) is 2.81. The largest absolute Gasteiger partial charge is 0.332 e. The summed E-state index contributed by atoms with van der Waals surface area (Å²) in [5.41, 5.74) is 0. The molecule has 120 valence electrons. The molecule has 2 unspecified atom stereocenters. The second kappa shape index (κ2) is 5.01. The molecule has 1 saturated heterocycles. The minimum Gasteiger partial charge on any atom is -0.332 e. The van der Waals surface area contributed by atoms with E-state index in [1.807, 2.05) is 0 Å². The van der Waals surface area contributed by atoms with Crippen LogP contribution in [0.5, 0.6) is 0 Å². The molecule has 0 radical (unpaired) electrons. The summed E-state index contributed by atoms with van der Waals surface area (Å²) in [6, 6.07) is 1.18. The molecule has 2 fully saturated rings. The molecule has 1 aromatic heterocycles. The maximum Gasteiger partial charge on any atom is 0.251 e. The third-order valence-electron chi connectivity index (χ3n) is 4.20. The molecule has 1 aromatic rings. The Morgan fingerprint density at radius 3 is 2.59 bits per heavy atom. The van der Waals surface area contributed by atoms with Crippen molar-refractivity contribution < 1.29 is 9.59 Å². The normalized spacial score (nSPS) is 29.8. The number of aryl methyl sites for hydroxylation is 1. The van der Waals surface area contributed by atoms with Gasteiger partial charge in [-0.25, -0.2) is 0 Å². The summed E-state index contributed by atoms with van der Waals surface area (Å²) in [6.07, 6.45) is 2.46. The molecule has 1 aliphatic heterocycles. The van der Waals surface area contributed by atoms with E-state index in [-0.39, 0.29) is 12.3 Å². The first-order chi connectivity index (χ1) is 10.2. The Labute approximate surface area is 142 Å². The van der Waals surface area contributed by atoms with Crippen molar-refractivity contribution in [3.8, 4) is 0 Å². The van der Waals surface area contributed by atoms with E-state index >= 15 is 0 Å². The van der Waals surface area contributed by atoms with Crippen LogP contribution in [-0.2, 0) is 16.6 Å². The van der Waals surface area contributed by atoms with Crippen LogP contribution in [0.4, 0.5) is 5.82 Å². The molecule has 0 spiro atoms. The maximum absolute atomic E-state index is 12.5. The number of amides is 2. The molecule has 0 aromatic carbocycles. The Morgan fingerprint density at radius 1 is 1.45 bits per heavy atom. The smallest absolute Gasteiger partial charge is 0.251 e. The summed E-state index contributed by atoms with van der Waals surface area (Å²) in [5.74, 6) is -0.0162. The average molecular weight is 366 g/mol. The third-order valence-corrected chi connectivity index (χ3v) is 5.92. The highest BCUT2D eigenvalue weighted by molar-refractivity contribution is 6.62. The van der Waals surface area contributed by atoms with Gasteiger partial charge in [0.1, 0.15) is 10.4 Å². The summed E-state index contributed by atoms with van der Waals surface area (Å²) in [7, 11) is 3.33. The molecule has 1 saturated carbocycles. The van der Waals surface area contributed by atoms with Gasteiger partial charge < -0.3 is 4.90 Å². The van der Waals surface area contributed by atoms with Gasteiger partial charge >= 0.3 is 0 Å². The first-order valence-corrected chi connectivity index (χ1v) is 7.96. The number of halogens is 3. The molecule has 3 rings (SSSR count). The first-order valence-electron chi connectivity index (χ1n) is 6.82. The van der Waals surface area contributed by atoms with Crippen molar-refractivity contribution in [2.45, 2.75) is 28.1 Å². The highest BCUT2D eigenvalue weighted by atomic mass is 35.5. The zero-order valence-electron chi connectivity index (χ0n) is 12.1. The molecule has 9 heteroatoms. The number of carbonyl (C=O) groups excluding carboxylic acids is 2. The van der Waals surface area contributed by atoms with Crippen molar-refractivity contribution in [2.24, 2.45) is 7.05 Å². The lowest BCUT2D eigenvalue weighted by Gasteiger charge is -2.26. The fourth-order valence-corrected chi connectivity index (χ4v) is 3.75. The van der Waals surface area contributed by atoms with Gasteiger partial charge in [-0.2, -0.15) is 5.10 Å². The Hall–Kier alpha value is -0.980. The van der Waals surface area contributed by atoms with Gasteiger partial charge in [-0.3, -0.25) is 19.2 Å².